The van der Waals surface area contributed by atoms with Gasteiger partial charge in [0.25, 0.3) is 0 Å². The number of anilines is 1. The van der Waals surface area contributed by atoms with Crippen LogP contribution in [0.5, 0.6) is 0 Å². The van der Waals surface area contributed by atoms with Crippen LogP contribution in [0.3, 0.4) is 0 Å². The zero-order chi connectivity index (χ0) is 16.0. The molecule has 1 rings (SSSR count). The van der Waals surface area contributed by atoms with Gasteiger partial charge in [-0.1, -0.05) is 33.6 Å². The average molecular weight is 298 g/mol. The van der Waals surface area contributed by atoms with Gasteiger partial charge in [0.15, 0.2) is 0 Å². The van der Waals surface area contributed by atoms with Gasteiger partial charge < -0.3 is 11.1 Å². The molecule has 1 aromatic rings. The van der Waals surface area contributed by atoms with Crippen LogP contribution in [0.25, 0.3) is 0 Å². The van der Waals surface area contributed by atoms with Crippen molar-refractivity contribution in [1.29, 1.82) is 0 Å². The van der Waals surface area contributed by atoms with Gasteiger partial charge in [0.1, 0.15) is 0 Å². The highest BCUT2D eigenvalue weighted by Crippen LogP contribution is 2.16. The number of benzene rings is 1. The van der Waals surface area contributed by atoms with Crippen molar-refractivity contribution >= 4 is 24.7 Å². The lowest BCUT2D eigenvalue weighted by Crippen LogP contribution is -2.13. The number of hydrogen-bond donors (Lipinski definition) is 3. The fraction of sp³-hybridized carbons (Fsp3) is 0.562. The second-order valence-corrected chi connectivity index (χ2v) is 4.96. The molecule has 0 bridgehead atoms. The minimum atomic E-state index is 0.403. The summed E-state index contributed by atoms with van der Waals surface area (Å²) >= 11 is 4.16. The molecule has 0 radical (unpaired) electrons. The molecule has 0 saturated carbocycles. The van der Waals surface area contributed by atoms with Crippen molar-refractivity contribution in [3.63, 3.8) is 0 Å². The fourth-order valence-electron chi connectivity index (χ4n) is 1.44. The maximum absolute atomic E-state index is 10.1. The van der Waals surface area contributed by atoms with Crippen LogP contribution < -0.4 is 11.1 Å². The standard InChI is InChI=1S/C8H9NOS.C6H15N.C2H6/c1-6-2-7(9-5-10)4-8(11)3-6;1-3-4-5-6(2)7;1-2/h2-5,11H,1H3,(H,9,10);6H,3-5,7H2,1-2H3;1-2H3/t;6-;/m.0./s1. The average Bonchev–Trinajstić information content (AvgIpc) is 2.38. The summed E-state index contributed by atoms with van der Waals surface area (Å²) in [6.45, 7) is 10.2. The smallest absolute Gasteiger partial charge is 0.211 e. The van der Waals surface area contributed by atoms with Crippen LogP contribution >= 0.6 is 12.6 Å². The maximum atomic E-state index is 10.1. The third-order valence-electron chi connectivity index (χ3n) is 2.30. The van der Waals surface area contributed by atoms with E-state index in [1.54, 1.807) is 6.07 Å². The van der Waals surface area contributed by atoms with E-state index >= 15 is 0 Å². The normalized spacial score (nSPS) is 10.3. The van der Waals surface area contributed by atoms with E-state index in [9.17, 15) is 4.79 Å². The molecule has 3 nitrogen and oxygen atoms in total. The van der Waals surface area contributed by atoms with E-state index in [-0.39, 0.29) is 0 Å². The Morgan fingerprint density at radius 3 is 2.30 bits per heavy atom. The summed E-state index contributed by atoms with van der Waals surface area (Å²) in [5.41, 5.74) is 7.35. The maximum Gasteiger partial charge on any atom is 0.211 e. The molecule has 0 aliphatic rings. The Morgan fingerprint density at radius 1 is 1.35 bits per heavy atom. The van der Waals surface area contributed by atoms with Gasteiger partial charge in [0.05, 0.1) is 0 Å². The first kappa shape index (κ1) is 21.3. The molecular weight excluding hydrogens is 268 g/mol. The Morgan fingerprint density at radius 2 is 1.95 bits per heavy atom. The molecule has 0 aliphatic carbocycles. The van der Waals surface area contributed by atoms with Gasteiger partial charge in [-0.25, -0.2) is 0 Å². The van der Waals surface area contributed by atoms with Gasteiger partial charge in [0.2, 0.25) is 6.41 Å². The third kappa shape index (κ3) is 13.4. The lowest BCUT2D eigenvalue weighted by molar-refractivity contribution is -0.105. The lowest BCUT2D eigenvalue weighted by atomic mass is 10.2. The second kappa shape index (κ2) is 14.4. The van der Waals surface area contributed by atoms with Gasteiger partial charge in [-0.2, -0.15) is 0 Å². The molecule has 4 heteroatoms. The minimum Gasteiger partial charge on any atom is -0.329 e. The monoisotopic (exact) mass is 298 g/mol. The van der Waals surface area contributed by atoms with E-state index in [1.165, 1.54) is 19.3 Å². The van der Waals surface area contributed by atoms with E-state index in [1.807, 2.05) is 32.9 Å². The number of nitrogens with two attached hydrogens (primary N) is 1. The Labute approximate surface area is 129 Å². The number of unbranched alkanes of at least 4 members (excludes halogenated alkanes) is 1. The third-order valence-corrected chi connectivity index (χ3v) is 2.56. The van der Waals surface area contributed by atoms with E-state index < -0.39 is 0 Å². The summed E-state index contributed by atoms with van der Waals surface area (Å²) < 4.78 is 0. The highest BCUT2D eigenvalue weighted by molar-refractivity contribution is 7.80. The molecule has 0 unspecified atom stereocenters. The van der Waals surface area contributed by atoms with Crippen LogP contribution in [0, 0.1) is 6.92 Å². The first-order chi connectivity index (χ1) is 9.49. The molecule has 0 saturated heterocycles. The van der Waals surface area contributed by atoms with Crippen LogP contribution in [0.2, 0.25) is 0 Å². The van der Waals surface area contributed by atoms with Crippen LogP contribution in [0.15, 0.2) is 23.1 Å². The van der Waals surface area contributed by atoms with Crippen LogP contribution in [0.4, 0.5) is 5.69 Å². The van der Waals surface area contributed by atoms with E-state index in [0.29, 0.717) is 12.5 Å². The SMILES string of the molecule is CC.CCCC[C@H](C)N.Cc1cc(S)cc(NC=O)c1. The summed E-state index contributed by atoms with van der Waals surface area (Å²) in [7, 11) is 0. The summed E-state index contributed by atoms with van der Waals surface area (Å²) in [6, 6.07) is 6.01. The van der Waals surface area contributed by atoms with Crippen LogP contribution in [0.1, 0.15) is 52.5 Å². The number of rotatable bonds is 5. The van der Waals surface area contributed by atoms with E-state index in [2.05, 4.69) is 31.8 Å². The van der Waals surface area contributed by atoms with Crippen molar-refractivity contribution in [3.8, 4) is 0 Å². The predicted octanol–water partition coefficient (Wildman–Crippen LogP) is 4.40. The topological polar surface area (TPSA) is 55.1 Å². The zero-order valence-electron chi connectivity index (χ0n) is 13.4. The van der Waals surface area contributed by atoms with Crippen molar-refractivity contribution < 1.29 is 4.79 Å². The van der Waals surface area contributed by atoms with E-state index in [4.69, 9.17) is 5.73 Å². The van der Waals surface area contributed by atoms with Gasteiger partial charge in [0, 0.05) is 16.6 Å². The molecular formula is C16H30N2OS. The Bertz CT molecular complexity index is 334. The number of carbonyl (C=O) groups excluding carboxylic acids is 1. The molecule has 0 spiro atoms. The molecule has 0 aliphatic heterocycles. The first-order valence-corrected chi connectivity index (χ1v) is 7.70. The van der Waals surface area contributed by atoms with Crippen LogP contribution in [-0.4, -0.2) is 12.5 Å². The number of thiol groups is 1. The predicted molar refractivity (Wildman–Crippen MR) is 92.6 cm³/mol. The lowest BCUT2D eigenvalue weighted by Gasteiger charge is -2.01. The second-order valence-electron chi connectivity index (χ2n) is 4.44. The quantitative estimate of drug-likeness (QED) is 0.557. The molecule has 1 amide bonds. The van der Waals surface area contributed by atoms with Gasteiger partial charge >= 0.3 is 0 Å². The highest BCUT2D eigenvalue weighted by Gasteiger charge is 1.93. The molecule has 1 atom stereocenters. The summed E-state index contributed by atoms with van der Waals surface area (Å²) in [6.07, 6.45) is 4.37. The Hall–Kier alpha value is -1.00. The van der Waals surface area contributed by atoms with Crippen molar-refractivity contribution in [2.45, 2.75) is 64.8 Å². The van der Waals surface area contributed by atoms with Gasteiger partial charge in [-0.05, 0) is 44.0 Å². The van der Waals surface area contributed by atoms with E-state index in [0.717, 1.165) is 16.1 Å². The first-order valence-electron chi connectivity index (χ1n) is 7.26. The number of nitrogens with one attached hydrogen (secondary N) is 1. The zero-order valence-corrected chi connectivity index (χ0v) is 14.3. The van der Waals surface area contributed by atoms with Gasteiger partial charge in [-0.3, -0.25) is 4.79 Å². The molecule has 0 fully saturated rings. The molecule has 20 heavy (non-hydrogen) atoms. The molecule has 1 aromatic carbocycles. The molecule has 0 aromatic heterocycles. The number of amides is 1. The molecule has 116 valence electrons. The van der Waals surface area contributed by atoms with Crippen molar-refractivity contribution in [2.24, 2.45) is 5.73 Å². The minimum absolute atomic E-state index is 0.403. The number of hydrogen-bond acceptors (Lipinski definition) is 3. The highest BCUT2D eigenvalue weighted by atomic mass is 32.1. The summed E-state index contributed by atoms with van der Waals surface area (Å²) in [5, 5.41) is 2.56. The molecule has 3 N–H and O–H groups in total. The van der Waals surface area contributed by atoms with Crippen molar-refractivity contribution in [2.75, 3.05) is 5.32 Å². The fourth-order valence-corrected chi connectivity index (χ4v) is 1.78. The number of aryl methyl sites for hydroxylation is 1. The number of carbonyl (C=O) groups is 1. The summed E-state index contributed by atoms with van der Waals surface area (Å²) in [5.74, 6) is 0. The largest absolute Gasteiger partial charge is 0.329 e. The van der Waals surface area contributed by atoms with Crippen molar-refractivity contribution in [1.82, 2.24) is 0 Å². The van der Waals surface area contributed by atoms with Gasteiger partial charge in [-0.15, -0.1) is 12.6 Å². The van der Waals surface area contributed by atoms with Crippen molar-refractivity contribution in [3.05, 3.63) is 23.8 Å². The summed E-state index contributed by atoms with van der Waals surface area (Å²) in [4.78, 5) is 10.9. The van der Waals surface area contributed by atoms with Crippen LogP contribution in [-0.2, 0) is 4.79 Å². The molecule has 0 heterocycles. The Balaban J connectivity index is 0. The Kier molecular flexibility index (Phi) is 15.3.